The van der Waals surface area contributed by atoms with E-state index in [-0.39, 0.29) is 11.7 Å². The molecule has 2 atom stereocenters. The molecular weight excluding hydrogens is 256 g/mol. The van der Waals surface area contributed by atoms with E-state index in [0.717, 1.165) is 12.8 Å². The molecule has 1 fully saturated rings. The Bertz CT molecular complexity index is 470. The fourth-order valence-electron chi connectivity index (χ4n) is 2.80. The number of methoxy groups -OCH3 is 1. The molecule has 1 aromatic rings. The highest BCUT2D eigenvalue weighted by Crippen LogP contribution is 2.34. The van der Waals surface area contributed by atoms with Gasteiger partial charge in [0.1, 0.15) is 0 Å². The summed E-state index contributed by atoms with van der Waals surface area (Å²) in [5, 5.41) is 9.06. The Morgan fingerprint density at radius 2 is 2.15 bits per heavy atom. The molecule has 20 heavy (non-hydrogen) atoms. The van der Waals surface area contributed by atoms with E-state index in [2.05, 4.69) is 6.92 Å². The zero-order valence-corrected chi connectivity index (χ0v) is 12.1. The van der Waals surface area contributed by atoms with E-state index in [1.165, 1.54) is 25.3 Å². The number of carbonyl (C=O) groups is 1. The smallest absolute Gasteiger partial charge is 0.335 e. The van der Waals surface area contributed by atoms with E-state index in [1.54, 1.807) is 19.2 Å². The van der Waals surface area contributed by atoms with Crippen LogP contribution in [0.4, 0.5) is 0 Å². The number of rotatable bonds is 5. The van der Waals surface area contributed by atoms with Gasteiger partial charge in [-0.25, -0.2) is 4.79 Å². The Labute approximate surface area is 119 Å². The minimum Gasteiger partial charge on any atom is -0.493 e. The van der Waals surface area contributed by atoms with Crippen LogP contribution in [0.1, 0.15) is 49.4 Å². The van der Waals surface area contributed by atoms with Crippen LogP contribution in [0.25, 0.3) is 0 Å². The molecule has 1 aromatic carbocycles. The third kappa shape index (κ3) is 3.44. The maximum absolute atomic E-state index is 11.0. The lowest BCUT2D eigenvalue weighted by atomic mass is 9.85. The van der Waals surface area contributed by atoms with Gasteiger partial charge in [-0.3, -0.25) is 0 Å². The van der Waals surface area contributed by atoms with Gasteiger partial charge in [0.2, 0.25) is 0 Å². The van der Waals surface area contributed by atoms with E-state index in [4.69, 9.17) is 14.6 Å². The largest absolute Gasteiger partial charge is 0.493 e. The Balaban J connectivity index is 2.14. The predicted molar refractivity (Wildman–Crippen MR) is 76.6 cm³/mol. The van der Waals surface area contributed by atoms with Crippen molar-refractivity contribution in [2.24, 2.45) is 5.92 Å². The topological polar surface area (TPSA) is 55.8 Å². The molecule has 0 aromatic heterocycles. The summed E-state index contributed by atoms with van der Waals surface area (Å²) >= 11 is 0. The molecule has 2 rings (SSSR count). The van der Waals surface area contributed by atoms with Crippen molar-refractivity contribution in [3.05, 3.63) is 23.8 Å². The summed E-state index contributed by atoms with van der Waals surface area (Å²) in [6, 6.07) is 4.74. The Morgan fingerprint density at radius 3 is 2.80 bits per heavy atom. The van der Waals surface area contributed by atoms with Gasteiger partial charge in [0, 0.05) is 0 Å². The average molecular weight is 278 g/mol. The van der Waals surface area contributed by atoms with E-state index in [1.807, 2.05) is 0 Å². The van der Waals surface area contributed by atoms with Crippen molar-refractivity contribution >= 4 is 5.97 Å². The van der Waals surface area contributed by atoms with Crippen LogP contribution in [0.5, 0.6) is 11.5 Å². The van der Waals surface area contributed by atoms with Gasteiger partial charge < -0.3 is 14.6 Å². The first kappa shape index (κ1) is 14.7. The molecule has 1 aliphatic carbocycles. The average Bonchev–Trinajstić information content (AvgIpc) is 2.47. The molecule has 2 unspecified atom stereocenters. The predicted octanol–water partition coefficient (Wildman–Crippen LogP) is 3.74. The highest BCUT2D eigenvalue weighted by molar-refractivity contribution is 5.88. The molecule has 0 amide bonds. The van der Waals surface area contributed by atoms with Crippen molar-refractivity contribution in [2.75, 3.05) is 7.11 Å². The second kappa shape index (κ2) is 6.64. The van der Waals surface area contributed by atoms with Crippen LogP contribution in [0.3, 0.4) is 0 Å². The first-order valence-electron chi connectivity index (χ1n) is 7.22. The van der Waals surface area contributed by atoms with Crippen molar-refractivity contribution < 1.29 is 19.4 Å². The van der Waals surface area contributed by atoms with Gasteiger partial charge in [0.15, 0.2) is 11.5 Å². The molecule has 0 heterocycles. The number of hydrogen-bond donors (Lipinski definition) is 1. The quantitative estimate of drug-likeness (QED) is 0.891. The summed E-state index contributed by atoms with van der Waals surface area (Å²) in [6.45, 7) is 2.21. The van der Waals surface area contributed by atoms with Crippen LogP contribution in [0.2, 0.25) is 0 Å². The van der Waals surface area contributed by atoms with E-state index < -0.39 is 5.97 Å². The van der Waals surface area contributed by atoms with Gasteiger partial charge in [-0.1, -0.05) is 19.8 Å². The monoisotopic (exact) mass is 278 g/mol. The second-order valence-corrected chi connectivity index (χ2v) is 5.35. The second-order valence-electron chi connectivity index (χ2n) is 5.35. The van der Waals surface area contributed by atoms with Gasteiger partial charge in [0.05, 0.1) is 18.8 Å². The van der Waals surface area contributed by atoms with Gasteiger partial charge in [-0.2, -0.15) is 0 Å². The van der Waals surface area contributed by atoms with Crippen molar-refractivity contribution in [2.45, 2.75) is 45.1 Å². The zero-order chi connectivity index (χ0) is 14.5. The lowest BCUT2D eigenvalue weighted by Crippen LogP contribution is -2.25. The molecule has 4 heteroatoms. The fraction of sp³-hybridized carbons (Fsp3) is 0.562. The number of benzene rings is 1. The molecule has 0 bridgehead atoms. The molecule has 0 radical (unpaired) electrons. The molecule has 1 saturated carbocycles. The fourth-order valence-corrected chi connectivity index (χ4v) is 2.80. The number of hydrogen-bond acceptors (Lipinski definition) is 3. The SMILES string of the molecule is CCC1CCCC(Oc2cc(C(=O)O)ccc2OC)C1. The summed E-state index contributed by atoms with van der Waals surface area (Å²) in [7, 11) is 1.57. The highest BCUT2D eigenvalue weighted by atomic mass is 16.5. The molecule has 1 N–H and O–H groups in total. The van der Waals surface area contributed by atoms with Crippen LogP contribution in [-0.4, -0.2) is 24.3 Å². The number of aromatic carboxylic acids is 1. The minimum atomic E-state index is -0.951. The van der Waals surface area contributed by atoms with Crippen molar-refractivity contribution in [1.82, 2.24) is 0 Å². The Hall–Kier alpha value is -1.71. The van der Waals surface area contributed by atoms with Crippen LogP contribution < -0.4 is 9.47 Å². The summed E-state index contributed by atoms with van der Waals surface area (Å²) < 4.78 is 11.3. The van der Waals surface area contributed by atoms with Gasteiger partial charge in [-0.05, 0) is 43.4 Å². The molecule has 110 valence electrons. The normalized spacial score (nSPS) is 22.3. The maximum Gasteiger partial charge on any atom is 0.335 e. The van der Waals surface area contributed by atoms with Gasteiger partial charge in [-0.15, -0.1) is 0 Å². The maximum atomic E-state index is 11.0. The number of carboxylic acids is 1. The number of carboxylic acid groups (broad SMARTS) is 1. The molecular formula is C16H22O4. The minimum absolute atomic E-state index is 0.159. The first-order chi connectivity index (χ1) is 9.63. The number of ether oxygens (including phenoxy) is 2. The molecule has 0 saturated heterocycles. The van der Waals surface area contributed by atoms with Crippen molar-refractivity contribution in [3.63, 3.8) is 0 Å². The van der Waals surface area contributed by atoms with Crippen molar-refractivity contribution in [1.29, 1.82) is 0 Å². The third-order valence-corrected chi connectivity index (χ3v) is 4.02. The molecule has 0 aliphatic heterocycles. The standard InChI is InChI=1S/C16H22O4/c1-3-11-5-4-6-13(9-11)20-15-10-12(16(17)18)7-8-14(15)19-2/h7-8,10-11,13H,3-6,9H2,1-2H3,(H,17,18). The van der Waals surface area contributed by atoms with Gasteiger partial charge in [0.25, 0.3) is 0 Å². The third-order valence-electron chi connectivity index (χ3n) is 4.02. The summed E-state index contributed by atoms with van der Waals surface area (Å²) in [4.78, 5) is 11.0. The van der Waals surface area contributed by atoms with Crippen molar-refractivity contribution in [3.8, 4) is 11.5 Å². The summed E-state index contributed by atoms with van der Waals surface area (Å²) in [6.07, 6.45) is 5.83. The summed E-state index contributed by atoms with van der Waals surface area (Å²) in [5.74, 6) is 0.887. The van der Waals surface area contributed by atoms with Crippen LogP contribution >= 0.6 is 0 Å². The first-order valence-corrected chi connectivity index (χ1v) is 7.22. The lowest BCUT2D eigenvalue weighted by molar-refractivity contribution is 0.0694. The van der Waals surface area contributed by atoms with Gasteiger partial charge >= 0.3 is 5.97 Å². The zero-order valence-electron chi connectivity index (χ0n) is 12.1. The summed E-state index contributed by atoms with van der Waals surface area (Å²) in [5.41, 5.74) is 0.226. The van der Waals surface area contributed by atoms with Crippen LogP contribution in [0, 0.1) is 5.92 Å². The van der Waals surface area contributed by atoms with E-state index >= 15 is 0 Å². The van der Waals surface area contributed by atoms with Crippen LogP contribution in [0.15, 0.2) is 18.2 Å². The van der Waals surface area contributed by atoms with E-state index in [9.17, 15) is 4.79 Å². The molecule has 4 nitrogen and oxygen atoms in total. The lowest BCUT2D eigenvalue weighted by Gasteiger charge is -2.29. The molecule has 1 aliphatic rings. The van der Waals surface area contributed by atoms with E-state index in [0.29, 0.717) is 17.4 Å². The molecule has 0 spiro atoms. The Kier molecular flexibility index (Phi) is 4.88. The Morgan fingerprint density at radius 1 is 1.35 bits per heavy atom. The van der Waals surface area contributed by atoms with Crippen LogP contribution in [-0.2, 0) is 0 Å². The highest BCUT2D eigenvalue weighted by Gasteiger charge is 2.23.